The highest BCUT2D eigenvalue weighted by Crippen LogP contribution is 2.39. The number of piperazine rings is 1. The van der Waals surface area contributed by atoms with Crippen molar-refractivity contribution in [2.45, 2.75) is 24.0 Å². The lowest BCUT2D eigenvalue weighted by molar-refractivity contribution is -0.111. The van der Waals surface area contributed by atoms with Crippen molar-refractivity contribution in [2.75, 3.05) is 60.4 Å². The Kier molecular flexibility index (Phi) is 10.0. The molecular formula is C28H34ClN7O6S2. The van der Waals surface area contributed by atoms with Gasteiger partial charge < -0.3 is 25.6 Å². The van der Waals surface area contributed by atoms with Crippen molar-refractivity contribution in [1.82, 2.24) is 14.3 Å². The number of benzene rings is 2. The fourth-order valence-electron chi connectivity index (χ4n) is 4.48. The van der Waals surface area contributed by atoms with E-state index in [0.29, 0.717) is 41.6 Å². The SMILES string of the molecule is C=CC(=O)Nc1cc(Nc2ncc(Cl)c(Nc3ccccc3S(=O)(=O)C(C)C)n2)c(OC)cc1N1CCN(S(C)(=O)=O)CC1. The monoisotopic (exact) mass is 663 g/mol. The number of nitrogens with one attached hydrogen (secondary N) is 3. The van der Waals surface area contributed by atoms with Gasteiger partial charge in [-0.3, -0.25) is 4.79 Å². The Labute approximate surface area is 262 Å². The van der Waals surface area contributed by atoms with E-state index in [9.17, 15) is 21.6 Å². The van der Waals surface area contributed by atoms with Crippen LogP contribution in [0.5, 0.6) is 5.75 Å². The number of anilines is 6. The van der Waals surface area contributed by atoms with Crippen LogP contribution in [-0.2, 0) is 24.7 Å². The van der Waals surface area contributed by atoms with Crippen molar-refractivity contribution < 1.29 is 26.4 Å². The molecular weight excluding hydrogens is 630 g/mol. The Morgan fingerprint density at radius 2 is 1.73 bits per heavy atom. The molecule has 1 amide bonds. The van der Waals surface area contributed by atoms with Crippen LogP contribution in [0.4, 0.5) is 34.5 Å². The Hall–Kier alpha value is -3.92. The van der Waals surface area contributed by atoms with Crippen LogP contribution >= 0.6 is 11.6 Å². The van der Waals surface area contributed by atoms with Crippen molar-refractivity contribution in [1.29, 1.82) is 0 Å². The summed E-state index contributed by atoms with van der Waals surface area (Å²) in [4.78, 5) is 23.1. The van der Waals surface area contributed by atoms with Crippen LogP contribution in [0.3, 0.4) is 0 Å². The van der Waals surface area contributed by atoms with Gasteiger partial charge in [-0.1, -0.05) is 30.3 Å². The van der Waals surface area contributed by atoms with Crippen LogP contribution in [0.1, 0.15) is 13.8 Å². The number of hydrogen-bond acceptors (Lipinski definition) is 11. The standard InChI is InChI=1S/C28H34ClN7O6S2/c1-6-26(37)31-21-15-22(24(42-4)16-23(21)35-11-13-36(14-12-35)43(5,38)39)33-28-30-17-19(29)27(34-28)32-20-9-7-8-10-25(20)44(40,41)18(2)3/h6-10,15-18H,1,11-14H2,2-5H3,(H,31,37)(H2,30,32,33,34). The van der Waals surface area contributed by atoms with Gasteiger partial charge in [-0.05, 0) is 38.1 Å². The summed E-state index contributed by atoms with van der Waals surface area (Å²) in [6.45, 7) is 8.08. The highest BCUT2D eigenvalue weighted by Gasteiger charge is 2.27. The highest BCUT2D eigenvalue weighted by atomic mass is 35.5. The summed E-state index contributed by atoms with van der Waals surface area (Å²) in [6.07, 6.45) is 3.68. The van der Waals surface area contributed by atoms with E-state index in [-0.39, 0.29) is 34.8 Å². The molecule has 16 heteroatoms. The lowest BCUT2D eigenvalue weighted by atomic mass is 10.1. The Bertz CT molecular complexity index is 1780. The van der Waals surface area contributed by atoms with E-state index >= 15 is 0 Å². The zero-order chi connectivity index (χ0) is 32.2. The maximum atomic E-state index is 12.9. The summed E-state index contributed by atoms with van der Waals surface area (Å²) in [6, 6.07) is 9.83. The summed E-state index contributed by atoms with van der Waals surface area (Å²) in [5, 5.41) is 8.41. The second kappa shape index (κ2) is 13.4. The van der Waals surface area contributed by atoms with E-state index in [4.69, 9.17) is 16.3 Å². The number of halogens is 1. The Morgan fingerprint density at radius 3 is 2.34 bits per heavy atom. The predicted octanol–water partition coefficient (Wildman–Crippen LogP) is 4.01. The number of aromatic nitrogens is 2. The number of para-hydroxylation sites is 1. The fraction of sp³-hybridized carbons (Fsp3) is 0.321. The molecule has 3 N–H and O–H groups in total. The summed E-state index contributed by atoms with van der Waals surface area (Å²) in [5.41, 5.74) is 1.76. The molecule has 0 saturated carbocycles. The summed E-state index contributed by atoms with van der Waals surface area (Å²) in [5.74, 6) is 0.218. The van der Waals surface area contributed by atoms with Crippen LogP contribution in [0, 0.1) is 0 Å². The molecule has 44 heavy (non-hydrogen) atoms. The fourth-order valence-corrected chi connectivity index (χ4v) is 6.64. The van der Waals surface area contributed by atoms with Crippen LogP contribution in [0.25, 0.3) is 0 Å². The Balaban J connectivity index is 1.68. The van der Waals surface area contributed by atoms with E-state index < -0.39 is 31.0 Å². The van der Waals surface area contributed by atoms with Gasteiger partial charge in [0, 0.05) is 32.2 Å². The molecule has 0 unspecified atom stereocenters. The molecule has 3 aromatic rings. The average Bonchev–Trinajstić information content (AvgIpc) is 2.98. The topological polar surface area (TPSA) is 163 Å². The third-order valence-electron chi connectivity index (χ3n) is 6.87. The number of carbonyl (C=O) groups is 1. The van der Waals surface area contributed by atoms with Crippen molar-refractivity contribution in [3.05, 3.63) is 60.3 Å². The molecule has 13 nitrogen and oxygen atoms in total. The molecule has 2 heterocycles. The van der Waals surface area contributed by atoms with Crippen LogP contribution in [-0.4, -0.2) is 81.8 Å². The molecule has 0 spiro atoms. The number of amides is 1. The minimum Gasteiger partial charge on any atom is -0.494 e. The number of sulfonamides is 1. The maximum Gasteiger partial charge on any atom is 0.247 e. The molecule has 4 rings (SSSR count). The molecule has 1 aromatic heterocycles. The summed E-state index contributed by atoms with van der Waals surface area (Å²) < 4.78 is 56.9. The molecule has 0 atom stereocenters. The lowest BCUT2D eigenvalue weighted by Gasteiger charge is -2.36. The first-order valence-corrected chi connectivity index (χ1v) is 17.3. The molecule has 1 saturated heterocycles. The zero-order valence-electron chi connectivity index (χ0n) is 24.7. The highest BCUT2D eigenvalue weighted by molar-refractivity contribution is 7.92. The quantitative estimate of drug-likeness (QED) is 0.254. The first-order chi connectivity index (χ1) is 20.7. The van der Waals surface area contributed by atoms with Crippen molar-refractivity contribution in [3.63, 3.8) is 0 Å². The van der Waals surface area contributed by atoms with Gasteiger partial charge in [0.25, 0.3) is 0 Å². The minimum absolute atomic E-state index is 0.106. The van der Waals surface area contributed by atoms with Gasteiger partial charge in [-0.2, -0.15) is 9.29 Å². The first-order valence-electron chi connectivity index (χ1n) is 13.5. The minimum atomic E-state index is -3.61. The third kappa shape index (κ3) is 7.41. The van der Waals surface area contributed by atoms with E-state index in [1.54, 1.807) is 44.2 Å². The zero-order valence-corrected chi connectivity index (χ0v) is 27.1. The largest absolute Gasteiger partial charge is 0.494 e. The second-order valence-electron chi connectivity index (χ2n) is 10.1. The van der Waals surface area contributed by atoms with Gasteiger partial charge in [0.15, 0.2) is 15.7 Å². The first kappa shape index (κ1) is 33.0. The van der Waals surface area contributed by atoms with Gasteiger partial charge in [0.1, 0.15) is 10.8 Å². The Morgan fingerprint density at radius 1 is 1.05 bits per heavy atom. The van der Waals surface area contributed by atoms with Crippen molar-refractivity contribution >= 4 is 71.9 Å². The molecule has 0 bridgehead atoms. The number of carbonyl (C=O) groups excluding carboxylic acids is 1. The smallest absolute Gasteiger partial charge is 0.247 e. The van der Waals surface area contributed by atoms with Gasteiger partial charge in [0.2, 0.25) is 21.9 Å². The number of nitrogens with zero attached hydrogens (tertiary/aromatic N) is 4. The lowest BCUT2D eigenvalue weighted by Crippen LogP contribution is -2.48. The number of hydrogen-bond donors (Lipinski definition) is 3. The second-order valence-corrected chi connectivity index (χ2v) is 15.0. The third-order valence-corrected chi connectivity index (χ3v) is 10.7. The summed E-state index contributed by atoms with van der Waals surface area (Å²) in [7, 11) is -5.45. The van der Waals surface area contributed by atoms with Crippen molar-refractivity contribution in [2.24, 2.45) is 0 Å². The van der Waals surface area contributed by atoms with E-state index in [1.165, 1.54) is 29.9 Å². The summed E-state index contributed by atoms with van der Waals surface area (Å²) >= 11 is 6.39. The van der Waals surface area contributed by atoms with Crippen LogP contribution in [0.2, 0.25) is 5.02 Å². The maximum absolute atomic E-state index is 12.9. The number of rotatable bonds is 11. The van der Waals surface area contributed by atoms with Gasteiger partial charge >= 0.3 is 0 Å². The molecule has 2 aromatic carbocycles. The molecule has 236 valence electrons. The molecule has 1 fully saturated rings. The number of sulfone groups is 1. The normalized spacial score (nSPS) is 14.3. The van der Waals surface area contributed by atoms with Crippen LogP contribution < -0.4 is 25.6 Å². The van der Waals surface area contributed by atoms with Crippen LogP contribution in [0.15, 0.2) is 60.1 Å². The molecule has 1 aliphatic rings. The van der Waals surface area contributed by atoms with E-state index in [1.807, 2.05) is 4.90 Å². The molecule has 0 aliphatic carbocycles. The van der Waals surface area contributed by atoms with Crippen molar-refractivity contribution in [3.8, 4) is 5.75 Å². The number of ether oxygens (including phenoxy) is 1. The van der Waals surface area contributed by atoms with Gasteiger partial charge in [-0.15, -0.1) is 0 Å². The van der Waals surface area contributed by atoms with E-state index in [0.717, 1.165) is 6.08 Å². The predicted molar refractivity (Wildman–Crippen MR) is 173 cm³/mol. The molecule has 0 radical (unpaired) electrons. The average molecular weight is 664 g/mol. The van der Waals surface area contributed by atoms with Gasteiger partial charge in [-0.25, -0.2) is 21.8 Å². The number of methoxy groups -OCH3 is 1. The van der Waals surface area contributed by atoms with Gasteiger partial charge in [0.05, 0.1) is 52.5 Å². The van der Waals surface area contributed by atoms with E-state index in [2.05, 4.69) is 32.5 Å². The molecule has 1 aliphatic heterocycles.